The molecule has 0 heterocycles. The molecule has 3 aromatic carbocycles. The zero-order chi connectivity index (χ0) is 23.0. The molecule has 0 heteroatoms. The van der Waals surface area contributed by atoms with E-state index in [2.05, 4.69) is 117 Å². The molecular formula is C33H32. The van der Waals surface area contributed by atoms with E-state index in [1.807, 2.05) is 6.07 Å². The predicted octanol–water partition coefficient (Wildman–Crippen LogP) is 8.96. The van der Waals surface area contributed by atoms with Crippen molar-refractivity contribution in [3.63, 3.8) is 0 Å². The fourth-order valence-electron chi connectivity index (χ4n) is 4.55. The second-order valence-corrected chi connectivity index (χ2v) is 8.77. The minimum atomic E-state index is 0.108. The molecule has 1 atom stereocenters. The second kappa shape index (κ2) is 10.8. The van der Waals surface area contributed by atoms with Crippen LogP contribution >= 0.6 is 0 Å². The van der Waals surface area contributed by atoms with Gasteiger partial charge < -0.3 is 0 Å². The van der Waals surface area contributed by atoms with Crippen LogP contribution in [0.15, 0.2) is 134 Å². The molecule has 1 aliphatic carbocycles. The fourth-order valence-corrected chi connectivity index (χ4v) is 4.55. The summed E-state index contributed by atoms with van der Waals surface area (Å²) in [6.45, 7) is 13.3. The van der Waals surface area contributed by atoms with E-state index >= 15 is 0 Å². The van der Waals surface area contributed by atoms with Gasteiger partial charge in [-0.3, -0.25) is 0 Å². The van der Waals surface area contributed by atoms with Gasteiger partial charge >= 0.3 is 0 Å². The Morgan fingerprint density at radius 3 is 2.21 bits per heavy atom. The molecular weight excluding hydrogens is 396 g/mol. The summed E-state index contributed by atoms with van der Waals surface area (Å²) in [6.07, 6.45) is 10.6. The van der Waals surface area contributed by atoms with Crippen LogP contribution in [0.5, 0.6) is 0 Å². The molecule has 1 unspecified atom stereocenters. The Morgan fingerprint density at radius 2 is 1.45 bits per heavy atom. The third kappa shape index (κ3) is 5.59. The van der Waals surface area contributed by atoms with Crippen LogP contribution in [-0.2, 0) is 6.42 Å². The molecule has 0 aromatic heterocycles. The highest BCUT2D eigenvalue weighted by Gasteiger charge is 2.19. The molecule has 0 saturated heterocycles. The summed E-state index contributed by atoms with van der Waals surface area (Å²) < 4.78 is 0. The molecule has 4 rings (SSSR count). The molecule has 0 aliphatic heterocycles. The lowest BCUT2D eigenvalue weighted by Crippen LogP contribution is -2.05. The molecule has 164 valence electrons. The highest BCUT2D eigenvalue weighted by molar-refractivity contribution is 5.79. The Morgan fingerprint density at radius 1 is 0.788 bits per heavy atom. The zero-order valence-corrected chi connectivity index (χ0v) is 19.3. The number of hydrogen-bond acceptors (Lipinski definition) is 0. The van der Waals surface area contributed by atoms with E-state index in [1.165, 1.54) is 39.0 Å². The van der Waals surface area contributed by atoms with Gasteiger partial charge in [-0.15, -0.1) is 0 Å². The molecule has 0 radical (unpaired) electrons. The lowest BCUT2D eigenvalue weighted by molar-refractivity contribution is 0.841. The van der Waals surface area contributed by atoms with Crippen molar-refractivity contribution in [3.8, 4) is 0 Å². The molecule has 0 nitrogen and oxygen atoms in total. The summed E-state index contributed by atoms with van der Waals surface area (Å²) in [7, 11) is 0. The summed E-state index contributed by atoms with van der Waals surface area (Å²) in [4.78, 5) is 0. The van der Waals surface area contributed by atoms with Gasteiger partial charge in [-0.25, -0.2) is 0 Å². The molecule has 3 aromatic rings. The largest absolute Gasteiger partial charge is 0.0995 e. The van der Waals surface area contributed by atoms with Crippen LogP contribution in [0.3, 0.4) is 0 Å². The highest BCUT2D eigenvalue weighted by Crippen LogP contribution is 2.38. The first kappa shape index (κ1) is 22.6. The third-order valence-electron chi connectivity index (χ3n) is 6.41. The summed E-state index contributed by atoms with van der Waals surface area (Å²) >= 11 is 0. The number of benzene rings is 3. The van der Waals surface area contributed by atoms with Gasteiger partial charge in [-0.1, -0.05) is 134 Å². The van der Waals surface area contributed by atoms with Crippen LogP contribution in [0.25, 0.3) is 11.1 Å². The Labute approximate surface area is 199 Å². The molecule has 0 fully saturated rings. The molecule has 0 bridgehead atoms. The van der Waals surface area contributed by atoms with Gasteiger partial charge in [0.15, 0.2) is 0 Å². The van der Waals surface area contributed by atoms with Gasteiger partial charge in [-0.05, 0) is 59.1 Å². The first-order chi connectivity index (χ1) is 16.1. The van der Waals surface area contributed by atoms with Crippen LogP contribution in [-0.4, -0.2) is 0 Å². The van der Waals surface area contributed by atoms with E-state index in [1.54, 1.807) is 0 Å². The van der Waals surface area contributed by atoms with Crippen molar-refractivity contribution in [2.45, 2.75) is 31.6 Å². The van der Waals surface area contributed by atoms with Gasteiger partial charge in [0.1, 0.15) is 0 Å². The van der Waals surface area contributed by atoms with Crippen molar-refractivity contribution in [2.75, 3.05) is 0 Å². The Bertz CT molecular complexity index is 1190. The van der Waals surface area contributed by atoms with Crippen molar-refractivity contribution < 1.29 is 0 Å². The average molecular weight is 429 g/mol. The van der Waals surface area contributed by atoms with E-state index in [-0.39, 0.29) is 5.92 Å². The standard InChI is InChI=1S/C33H32/c1-25(13-12-19-30-24-23-29-16-10-11-20-32(29)30)21-22-26(2)33(31-17-8-5-9-18-31)27(3)28-14-6-4-7-15-28/h4-12,14-20,24,33H,1-3,13,21-23H2/b19-12+. The number of rotatable bonds is 10. The Kier molecular flexibility index (Phi) is 7.37. The Hall–Kier alpha value is -3.64. The summed E-state index contributed by atoms with van der Waals surface area (Å²) in [5.41, 5.74) is 10.0. The van der Waals surface area contributed by atoms with Crippen LogP contribution in [0.1, 0.15) is 47.4 Å². The van der Waals surface area contributed by atoms with E-state index in [9.17, 15) is 0 Å². The average Bonchev–Trinajstić information content (AvgIpc) is 3.27. The smallest absolute Gasteiger partial charge is 0.0296 e. The lowest BCUT2D eigenvalue weighted by Gasteiger charge is -2.23. The maximum Gasteiger partial charge on any atom is 0.0296 e. The molecule has 33 heavy (non-hydrogen) atoms. The SMILES string of the molecule is C=C(C/C=C/C1=CCc2ccccc21)CCC(=C)C(C(=C)c1ccccc1)c1ccccc1. The molecule has 0 saturated carbocycles. The summed E-state index contributed by atoms with van der Waals surface area (Å²) in [5, 5.41) is 0. The second-order valence-electron chi connectivity index (χ2n) is 8.77. The van der Waals surface area contributed by atoms with Crippen molar-refractivity contribution in [3.05, 3.63) is 156 Å². The maximum atomic E-state index is 4.49. The molecule has 0 N–H and O–H groups in total. The van der Waals surface area contributed by atoms with Crippen LogP contribution in [0.2, 0.25) is 0 Å². The molecule has 0 amide bonds. The minimum absolute atomic E-state index is 0.108. The lowest BCUT2D eigenvalue weighted by atomic mass is 9.81. The van der Waals surface area contributed by atoms with Crippen molar-refractivity contribution in [1.29, 1.82) is 0 Å². The van der Waals surface area contributed by atoms with Gasteiger partial charge in [0.25, 0.3) is 0 Å². The number of hydrogen-bond donors (Lipinski definition) is 0. The number of allylic oxidation sites excluding steroid dienone is 7. The molecule has 1 aliphatic rings. The van der Waals surface area contributed by atoms with Crippen molar-refractivity contribution in [1.82, 2.24) is 0 Å². The van der Waals surface area contributed by atoms with Crippen LogP contribution in [0.4, 0.5) is 0 Å². The topological polar surface area (TPSA) is 0 Å². The van der Waals surface area contributed by atoms with E-state index in [0.29, 0.717) is 0 Å². The predicted molar refractivity (Wildman–Crippen MR) is 144 cm³/mol. The first-order valence-electron chi connectivity index (χ1n) is 11.7. The van der Waals surface area contributed by atoms with Gasteiger partial charge in [-0.2, -0.15) is 0 Å². The van der Waals surface area contributed by atoms with Gasteiger partial charge in [0.05, 0.1) is 0 Å². The van der Waals surface area contributed by atoms with E-state index in [4.69, 9.17) is 0 Å². The van der Waals surface area contributed by atoms with Gasteiger partial charge in [0.2, 0.25) is 0 Å². The maximum absolute atomic E-state index is 4.49. The van der Waals surface area contributed by atoms with Gasteiger partial charge in [0, 0.05) is 5.92 Å². The fraction of sp³-hybridized carbons (Fsp3) is 0.152. The van der Waals surface area contributed by atoms with Crippen molar-refractivity contribution >= 4 is 11.1 Å². The normalized spacial score (nSPS) is 13.4. The van der Waals surface area contributed by atoms with Crippen LogP contribution in [0, 0.1) is 0 Å². The van der Waals surface area contributed by atoms with E-state index in [0.717, 1.165) is 31.3 Å². The molecule has 0 spiro atoms. The third-order valence-corrected chi connectivity index (χ3v) is 6.41. The number of fused-ring (bicyclic) bond motifs is 1. The van der Waals surface area contributed by atoms with E-state index < -0.39 is 0 Å². The highest BCUT2D eigenvalue weighted by atomic mass is 14.2. The summed E-state index contributed by atoms with van der Waals surface area (Å²) in [5.74, 6) is 0.108. The quantitative estimate of drug-likeness (QED) is 0.283. The van der Waals surface area contributed by atoms with Crippen molar-refractivity contribution in [2.24, 2.45) is 0 Å². The first-order valence-corrected chi connectivity index (χ1v) is 11.7. The minimum Gasteiger partial charge on any atom is -0.0995 e. The zero-order valence-electron chi connectivity index (χ0n) is 19.3. The Balaban J connectivity index is 1.37. The monoisotopic (exact) mass is 428 g/mol. The van der Waals surface area contributed by atoms with Crippen LogP contribution < -0.4 is 0 Å². The summed E-state index contributed by atoms with van der Waals surface area (Å²) in [6, 6.07) is 29.7.